The van der Waals surface area contributed by atoms with Crippen LogP contribution in [0.1, 0.15) is 41.5 Å². The smallest absolute Gasteiger partial charge is 0.410 e. The van der Waals surface area contributed by atoms with E-state index in [0.717, 1.165) is 11.1 Å². The highest BCUT2D eigenvalue weighted by atomic mass is 16.6. The maximum Gasteiger partial charge on any atom is 0.410 e. The first kappa shape index (κ1) is 29.4. The van der Waals surface area contributed by atoms with Crippen molar-refractivity contribution in [2.24, 2.45) is 0 Å². The quantitative estimate of drug-likeness (QED) is 0.353. The van der Waals surface area contributed by atoms with Crippen LogP contribution in [0.5, 0.6) is 11.5 Å². The lowest BCUT2D eigenvalue weighted by Crippen LogP contribution is -2.50. The molecule has 1 saturated heterocycles. The number of piperazine rings is 1. The Bertz CT molecular complexity index is 1390. The Morgan fingerprint density at radius 1 is 0.878 bits per heavy atom. The van der Waals surface area contributed by atoms with Gasteiger partial charge in [0.2, 0.25) is 0 Å². The van der Waals surface area contributed by atoms with Gasteiger partial charge >= 0.3 is 12.1 Å². The summed E-state index contributed by atoms with van der Waals surface area (Å²) in [6.07, 6.45) is -0.314. The Labute approximate surface area is 239 Å². The molecule has 0 spiro atoms. The van der Waals surface area contributed by atoms with Gasteiger partial charge in [-0.15, -0.1) is 0 Å². The van der Waals surface area contributed by atoms with Gasteiger partial charge in [0.15, 0.2) is 0 Å². The highest BCUT2D eigenvalue weighted by Crippen LogP contribution is 2.28. The van der Waals surface area contributed by atoms with E-state index in [2.05, 4.69) is 10.2 Å². The predicted molar refractivity (Wildman–Crippen MR) is 155 cm³/mol. The Kier molecular flexibility index (Phi) is 9.14. The number of hydrogen-bond acceptors (Lipinski definition) is 7. The second-order valence-electron chi connectivity index (χ2n) is 10.7. The van der Waals surface area contributed by atoms with Gasteiger partial charge in [0, 0.05) is 32.7 Å². The highest BCUT2D eigenvalue weighted by molar-refractivity contribution is 6.09. The fourth-order valence-electron chi connectivity index (χ4n) is 4.39. The third-order valence-corrected chi connectivity index (χ3v) is 6.52. The molecular weight excluding hydrogens is 526 g/mol. The molecule has 3 aromatic carbocycles. The number of carbonyl (C=O) groups is 3. The van der Waals surface area contributed by atoms with Crippen LogP contribution in [0.2, 0.25) is 0 Å². The Morgan fingerprint density at radius 3 is 2.24 bits per heavy atom. The van der Waals surface area contributed by atoms with E-state index in [9.17, 15) is 24.6 Å². The molecule has 3 aromatic rings. The van der Waals surface area contributed by atoms with Gasteiger partial charge in [-0.05, 0) is 62.2 Å². The number of rotatable bonds is 8. The molecule has 41 heavy (non-hydrogen) atoms. The van der Waals surface area contributed by atoms with Crippen molar-refractivity contribution in [3.05, 3.63) is 77.9 Å². The molecule has 3 N–H and O–H groups in total. The van der Waals surface area contributed by atoms with Crippen molar-refractivity contribution < 1.29 is 34.1 Å². The molecule has 0 atom stereocenters. The fraction of sp³-hybridized carbons (Fsp3) is 0.323. The lowest BCUT2D eigenvalue weighted by atomic mass is 10.0. The van der Waals surface area contributed by atoms with E-state index in [-0.39, 0.29) is 28.7 Å². The van der Waals surface area contributed by atoms with Crippen LogP contribution >= 0.6 is 0 Å². The van der Waals surface area contributed by atoms with E-state index in [1.807, 2.05) is 51.1 Å². The number of nitrogens with one attached hydrogen (secondary N) is 1. The predicted octanol–water partition coefficient (Wildman–Crippen LogP) is 4.94. The first-order valence-corrected chi connectivity index (χ1v) is 13.4. The molecule has 1 aliphatic rings. The minimum atomic E-state index is -1.19. The average Bonchev–Trinajstić information content (AvgIpc) is 2.93. The number of aromatic hydroxyl groups is 1. The standard InChI is InChI=1S/C31H35N3O7/c1-31(2,3)41-30(39)34-15-13-33(14-16-34)17-18-40-23-10-12-27(35)25(20-23)28(36)32-26-19-22(9-11-24(26)29(37)38)21-7-5-4-6-8-21/h4-12,19-20,35H,13-18H2,1-3H3,(H,32,36)(H,37,38). The summed E-state index contributed by atoms with van der Waals surface area (Å²) in [5.74, 6) is -1.73. The van der Waals surface area contributed by atoms with E-state index < -0.39 is 17.5 Å². The van der Waals surface area contributed by atoms with Crippen LogP contribution < -0.4 is 10.1 Å². The zero-order chi connectivity index (χ0) is 29.6. The molecule has 0 aromatic heterocycles. The summed E-state index contributed by atoms with van der Waals surface area (Å²) in [5.41, 5.74) is 1.06. The Balaban J connectivity index is 1.36. The molecule has 0 saturated carbocycles. The van der Waals surface area contributed by atoms with Gasteiger partial charge in [-0.25, -0.2) is 9.59 Å². The van der Waals surface area contributed by atoms with E-state index in [0.29, 0.717) is 45.1 Å². The van der Waals surface area contributed by atoms with Crippen LogP contribution in [0.3, 0.4) is 0 Å². The number of amides is 2. The number of aromatic carboxylic acids is 1. The minimum Gasteiger partial charge on any atom is -0.507 e. The summed E-state index contributed by atoms with van der Waals surface area (Å²) >= 11 is 0. The van der Waals surface area contributed by atoms with Crippen LogP contribution in [0.15, 0.2) is 66.7 Å². The molecule has 1 aliphatic heterocycles. The second-order valence-corrected chi connectivity index (χ2v) is 10.7. The fourth-order valence-corrected chi connectivity index (χ4v) is 4.39. The normalized spacial score (nSPS) is 13.9. The van der Waals surface area contributed by atoms with E-state index in [1.54, 1.807) is 23.1 Å². The Morgan fingerprint density at radius 2 is 1.59 bits per heavy atom. The van der Waals surface area contributed by atoms with Gasteiger partial charge in [0.1, 0.15) is 23.7 Å². The second kappa shape index (κ2) is 12.7. The molecule has 1 heterocycles. The van der Waals surface area contributed by atoms with Gasteiger partial charge < -0.3 is 29.9 Å². The molecule has 4 rings (SSSR count). The van der Waals surface area contributed by atoms with E-state index in [4.69, 9.17) is 9.47 Å². The number of carboxylic acids is 1. The lowest BCUT2D eigenvalue weighted by Gasteiger charge is -2.35. The summed E-state index contributed by atoms with van der Waals surface area (Å²) in [6, 6.07) is 18.4. The third kappa shape index (κ3) is 7.98. The molecule has 10 nitrogen and oxygen atoms in total. The first-order chi connectivity index (χ1) is 19.5. The lowest BCUT2D eigenvalue weighted by molar-refractivity contribution is 0.0136. The number of ether oxygens (including phenoxy) is 2. The number of nitrogens with zero attached hydrogens (tertiary/aromatic N) is 2. The monoisotopic (exact) mass is 561 g/mol. The van der Waals surface area contributed by atoms with Crippen molar-refractivity contribution in [2.75, 3.05) is 44.6 Å². The molecule has 10 heteroatoms. The summed E-state index contributed by atoms with van der Waals surface area (Å²) < 4.78 is 11.3. The molecule has 0 radical (unpaired) electrons. The van der Waals surface area contributed by atoms with Crippen LogP contribution in [0, 0.1) is 0 Å². The molecule has 216 valence electrons. The van der Waals surface area contributed by atoms with E-state index in [1.165, 1.54) is 18.2 Å². The highest BCUT2D eigenvalue weighted by Gasteiger charge is 2.26. The van der Waals surface area contributed by atoms with Gasteiger partial charge in [0.05, 0.1) is 16.8 Å². The largest absolute Gasteiger partial charge is 0.507 e. The third-order valence-electron chi connectivity index (χ3n) is 6.52. The molecule has 0 bridgehead atoms. The number of carboxylic acid groups (broad SMARTS) is 1. The van der Waals surface area contributed by atoms with Crippen LogP contribution in [0.4, 0.5) is 10.5 Å². The number of hydrogen-bond donors (Lipinski definition) is 3. The van der Waals surface area contributed by atoms with Gasteiger partial charge in [-0.2, -0.15) is 0 Å². The van der Waals surface area contributed by atoms with Crippen molar-refractivity contribution in [1.29, 1.82) is 0 Å². The maximum absolute atomic E-state index is 13.1. The van der Waals surface area contributed by atoms with Crippen LogP contribution in [-0.4, -0.2) is 82.9 Å². The summed E-state index contributed by atoms with van der Waals surface area (Å²) in [7, 11) is 0. The van der Waals surface area contributed by atoms with Gasteiger partial charge in [-0.1, -0.05) is 36.4 Å². The summed E-state index contributed by atoms with van der Waals surface area (Å²) in [4.78, 5) is 41.1. The summed E-state index contributed by atoms with van der Waals surface area (Å²) in [5, 5.41) is 22.7. The number of carbonyl (C=O) groups excluding carboxylic acids is 2. The molecule has 0 aliphatic carbocycles. The number of anilines is 1. The zero-order valence-corrected chi connectivity index (χ0v) is 23.4. The van der Waals surface area contributed by atoms with Crippen molar-refractivity contribution in [3.63, 3.8) is 0 Å². The van der Waals surface area contributed by atoms with Gasteiger partial charge in [-0.3, -0.25) is 9.69 Å². The summed E-state index contributed by atoms with van der Waals surface area (Å²) in [6.45, 7) is 8.94. The molecule has 1 fully saturated rings. The number of phenols is 1. The molecule has 2 amide bonds. The average molecular weight is 562 g/mol. The first-order valence-electron chi connectivity index (χ1n) is 13.4. The van der Waals surface area contributed by atoms with Gasteiger partial charge in [0.25, 0.3) is 5.91 Å². The molecule has 0 unspecified atom stereocenters. The van der Waals surface area contributed by atoms with Crippen LogP contribution in [-0.2, 0) is 4.74 Å². The van der Waals surface area contributed by atoms with Crippen LogP contribution in [0.25, 0.3) is 11.1 Å². The maximum atomic E-state index is 13.1. The van der Waals surface area contributed by atoms with Crippen molar-refractivity contribution in [1.82, 2.24) is 9.80 Å². The topological polar surface area (TPSA) is 129 Å². The Hall–Kier alpha value is -4.57. The number of benzene rings is 3. The van der Waals surface area contributed by atoms with Crippen molar-refractivity contribution >= 4 is 23.7 Å². The van der Waals surface area contributed by atoms with Crippen molar-refractivity contribution in [2.45, 2.75) is 26.4 Å². The number of phenolic OH excluding ortho intramolecular Hbond substituents is 1. The van der Waals surface area contributed by atoms with E-state index >= 15 is 0 Å². The SMILES string of the molecule is CC(C)(C)OC(=O)N1CCN(CCOc2ccc(O)c(C(=O)Nc3cc(-c4ccccc4)ccc3C(=O)O)c2)CC1. The minimum absolute atomic E-state index is 0.0464. The molecular formula is C31H35N3O7. The van der Waals surface area contributed by atoms with Crippen molar-refractivity contribution in [3.8, 4) is 22.6 Å². The zero-order valence-electron chi connectivity index (χ0n) is 23.4.